The van der Waals surface area contributed by atoms with Crippen molar-refractivity contribution >= 4 is 17.7 Å². The number of aromatic nitrogens is 2. The van der Waals surface area contributed by atoms with Gasteiger partial charge in [-0.1, -0.05) is 36.4 Å². The summed E-state index contributed by atoms with van der Waals surface area (Å²) in [5.41, 5.74) is 2.92. The number of hydrogen-bond donors (Lipinski definition) is 0. The van der Waals surface area contributed by atoms with E-state index in [2.05, 4.69) is 18.2 Å². The number of guanidine groups is 1. The van der Waals surface area contributed by atoms with Crippen LogP contribution >= 0.6 is 0 Å². The Hall–Kier alpha value is -4.32. The minimum Gasteiger partial charge on any atom is -0.495 e. The maximum absolute atomic E-state index is 13.6. The third-order valence-electron chi connectivity index (χ3n) is 6.33. The molecule has 0 saturated carbocycles. The SMILES string of the molecule is CCN1C(=O)c2c(nc(OC)n2Cc2ccc(OC)c(C#N)c2)N2C[C@@H](Cc3ccccc3)N=C12. The lowest BCUT2D eigenvalue weighted by Crippen LogP contribution is -2.50. The summed E-state index contributed by atoms with van der Waals surface area (Å²) in [4.78, 5) is 27.0. The van der Waals surface area contributed by atoms with Gasteiger partial charge in [0, 0.05) is 6.54 Å². The van der Waals surface area contributed by atoms with Crippen molar-refractivity contribution in [1.82, 2.24) is 14.5 Å². The molecule has 178 valence electrons. The fourth-order valence-corrected chi connectivity index (χ4v) is 4.71. The number of rotatable bonds is 7. The molecule has 0 aliphatic carbocycles. The summed E-state index contributed by atoms with van der Waals surface area (Å²) < 4.78 is 12.6. The Morgan fingerprint density at radius 1 is 1.11 bits per heavy atom. The van der Waals surface area contributed by atoms with Gasteiger partial charge in [0.2, 0.25) is 5.96 Å². The Kier molecular flexibility index (Phi) is 5.87. The van der Waals surface area contributed by atoms with Crippen LogP contribution in [0.5, 0.6) is 11.8 Å². The molecule has 3 heterocycles. The number of methoxy groups -OCH3 is 2. The van der Waals surface area contributed by atoms with Gasteiger partial charge in [0.25, 0.3) is 11.9 Å². The summed E-state index contributed by atoms with van der Waals surface area (Å²) in [5.74, 6) is 1.53. The van der Waals surface area contributed by atoms with Crippen LogP contribution in [-0.2, 0) is 13.0 Å². The molecule has 0 radical (unpaired) electrons. The highest BCUT2D eigenvalue weighted by Gasteiger charge is 2.43. The second-order valence-electron chi connectivity index (χ2n) is 8.44. The summed E-state index contributed by atoms with van der Waals surface area (Å²) in [6.07, 6.45) is 0.780. The number of amides is 1. The summed E-state index contributed by atoms with van der Waals surface area (Å²) >= 11 is 0. The molecule has 0 unspecified atom stereocenters. The summed E-state index contributed by atoms with van der Waals surface area (Å²) in [7, 11) is 3.07. The van der Waals surface area contributed by atoms with E-state index in [9.17, 15) is 10.1 Å². The number of carbonyl (C=O) groups is 1. The Morgan fingerprint density at radius 2 is 1.91 bits per heavy atom. The molecule has 5 rings (SSSR count). The van der Waals surface area contributed by atoms with Crippen molar-refractivity contribution in [2.75, 3.05) is 32.2 Å². The Labute approximate surface area is 203 Å². The molecule has 0 N–H and O–H groups in total. The molecule has 2 aliphatic rings. The molecule has 1 amide bonds. The van der Waals surface area contributed by atoms with E-state index >= 15 is 0 Å². The monoisotopic (exact) mass is 470 g/mol. The van der Waals surface area contributed by atoms with Gasteiger partial charge in [0.05, 0.1) is 38.9 Å². The van der Waals surface area contributed by atoms with Crippen LogP contribution in [0.2, 0.25) is 0 Å². The Balaban J connectivity index is 1.52. The molecule has 2 aliphatic heterocycles. The van der Waals surface area contributed by atoms with Crippen molar-refractivity contribution in [1.29, 1.82) is 5.26 Å². The first-order valence-corrected chi connectivity index (χ1v) is 11.5. The first kappa shape index (κ1) is 22.5. The van der Waals surface area contributed by atoms with Crippen LogP contribution in [0.1, 0.15) is 34.1 Å². The molecule has 0 saturated heterocycles. The number of carbonyl (C=O) groups excluding carboxylic acids is 1. The molecule has 0 fully saturated rings. The van der Waals surface area contributed by atoms with Crippen LogP contribution in [0.3, 0.4) is 0 Å². The average Bonchev–Trinajstić information content (AvgIpc) is 3.46. The van der Waals surface area contributed by atoms with Crippen LogP contribution < -0.4 is 14.4 Å². The second kappa shape index (κ2) is 9.14. The molecule has 0 bridgehead atoms. The van der Waals surface area contributed by atoms with Crippen LogP contribution in [0.4, 0.5) is 5.82 Å². The Morgan fingerprint density at radius 3 is 2.60 bits per heavy atom. The van der Waals surface area contributed by atoms with Crippen molar-refractivity contribution in [3.05, 3.63) is 70.9 Å². The van der Waals surface area contributed by atoms with Gasteiger partial charge < -0.3 is 9.47 Å². The lowest BCUT2D eigenvalue weighted by atomic mass is 10.1. The molecule has 9 heteroatoms. The molecular formula is C26H26N6O3. The zero-order chi connectivity index (χ0) is 24.5. The number of ether oxygens (including phenoxy) is 2. The number of fused-ring (bicyclic) bond motifs is 3. The topological polar surface area (TPSA) is 96.0 Å². The zero-order valence-corrected chi connectivity index (χ0v) is 19.9. The predicted octanol–water partition coefficient (Wildman–Crippen LogP) is 3.08. The summed E-state index contributed by atoms with van der Waals surface area (Å²) in [5, 5.41) is 9.48. The largest absolute Gasteiger partial charge is 0.495 e. The van der Waals surface area contributed by atoms with E-state index in [1.165, 1.54) is 19.8 Å². The van der Waals surface area contributed by atoms with Crippen LogP contribution in [0.25, 0.3) is 0 Å². The van der Waals surface area contributed by atoms with E-state index < -0.39 is 0 Å². The van der Waals surface area contributed by atoms with Crippen LogP contribution in [0, 0.1) is 11.3 Å². The number of hydrogen-bond acceptors (Lipinski definition) is 7. The summed E-state index contributed by atoms with van der Waals surface area (Å²) in [6.45, 7) is 3.37. The van der Waals surface area contributed by atoms with Gasteiger partial charge in [-0.2, -0.15) is 10.2 Å². The minimum atomic E-state index is -0.164. The quantitative estimate of drug-likeness (QED) is 0.527. The molecule has 3 aromatic rings. The van der Waals surface area contributed by atoms with E-state index in [4.69, 9.17) is 19.5 Å². The fraction of sp³-hybridized carbons (Fsp3) is 0.308. The lowest BCUT2D eigenvalue weighted by molar-refractivity contribution is 0.0835. The van der Waals surface area contributed by atoms with Crippen molar-refractivity contribution in [3.8, 4) is 17.8 Å². The molecular weight excluding hydrogens is 444 g/mol. The molecule has 1 aromatic heterocycles. The number of anilines is 1. The van der Waals surface area contributed by atoms with E-state index in [1.54, 1.807) is 21.6 Å². The molecule has 2 aromatic carbocycles. The number of nitrogens with zero attached hydrogens (tertiary/aromatic N) is 6. The zero-order valence-electron chi connectivity index (χ0n) is 19.9. The van der Waals surface area contributed by atoms with Crippen molar-refractivity contribution in [2.24, 2.45) is 4.99 Å². The van der Waals surface area contributed by atoms with E-state index in [-0.39, 0.29) is 11.9 Å². The number of benzene rings is 2. The van der Waals surface area contributed by atoms with E-state index in [0.29, 0.717) is 54.4 Å². The number of aliphatic imine (C=N–C) groups is 1. The van der Waals surface area contributed by atoms with Gasteiger partial charge in [-0.15, -0.1) is 0 Å². The van der Waals surface area contributed by atoms with Gasteiger partial charge >= 0.3 is 0 Å². The van der Waals surface area contributed by atoms with Gasteiger partial charge in [-0.05, 0) is 36.6 Å². The molecule has 35 heavy (non-hydrogen) atoms. The normalized spacial score (nSPS) is 16.5. The smallest absolute Gasteiger partial charge is 0.299 e. The van der Waals surface area contributed by atoms with Gasteiger partial charge in [0.15, 0.2) is 11.5 Å². The molecule has 1 atom stereocenters. The van der Waals surface area contributed by atoms with Gasteiger partial charge in [-0.3, -0.25) is 19.2 Å². The maximum atomic E-state index is 13.6. The van der Waals surface area contributed by atoms with E-state index in [0.717, 1.165) is 12.0 Å². The molecule has 0 spiro atoms. The first-order valence-electron chi connectivity index (χ1n) is 11.5. The van der Waals surface area contributed by atoms with Crippen LogP contribution in [-0.4, -0.2) is 59.7 Å². The average molecular weight is 471 g/mol. The van der Waals surface area contributed by atoms with Gasteiger partial charge in [0.1, 0.15) is 11.8 Å². The summed E-state index contributed by atoms with van der Waals surface area (Å²) in [6, 6.07) is 18.1. The van der Waals surface area contributed by atoms with Crippen molar-refractivity contribution < 1.29 is 14.3 Å². The van der Waals surface area contributed by atoms with Crippen LogP contribution in [0.15, 0.2) is 53.5 Å². The number of imidazole rings is 1. The standard InChI is InChI=1S/C26H26N6O3/c1-4-30-24(33)22-23(32-16-20(28-25(30)32)13-17-8-6-5-7-9-17)29-26(35-3)31(22)15-18-10-11-21(34-2)19(12-18)14-27/h5-12,20H,4,13,15-16H2,1-3H3/t20-/m1/s1. The highest BCUT2D eigenvalue weighted by Crippen LogP contribution is 2.36. The first-order chi connectivity index (χ1) is 17.1. The predicted molar refractivity (Wildman–Crippen MR) is 131 cm³/mol. The van der Waals surface area contributed by atoms with Gasteiger partial charge in [-0.25, -0.2) is 4.99 Å². The highest BCUT2D eigenvalue weighted by atomic mass is 16.5. The third kappa shape index (κ3) is 3.87. The third-order valence-corrected chi connectivity index (χ3v) is 6.33. The lowest BCUT2D eigenvalue weighted by Gasteiger charge is -2.32. The van der Waals surface area contributed by atoms with Crippen molar-refractivity contribution in [2.45, 2.75) is 25.9 Å². The highest BCUT2D eigenvalue weighted by molar-refractivity contribution is 6.18. The minimum absolute atomic E-state index is 0.0103. The van der Waals surface area contributed by atoms with E-state index in [1.807, 2.05) is 36.1 Å². The molecule has 9 nitrogen and oxygen atoms in total. The fourth-order valence-electron chi connectivity index (χ4n) is 4.71. The maximum Gasteiger partial charge on any atom is 0.299 e. The Bertz CT molecular complexity index is 1340. The van der Waals surface area contributed by atoms with Crippen molar-refractivity contribution in [3.63, 3.8) is 0 Å². The second-order valence-corrected chi connectivity index (χ2v) is 8.44. The number of nitriles is 1.